The number of sulfonamides is 1. The number of hydrogen-bond donors (Lipinski definition) is 1. The summed E-state index contributed by atoms with van der Waals surface area (Å²) in [4.78, 5) is 6.92. The van der Waals surface area contributed by atoms with Gasteiger partial charge in [0.2, 0.25) is 0 Å². The van der Waals surface area contributed by atoms with Gasteiger partial charge in [0.1, 0.15) is 5.75 Å². The molecule has 0 atom stereocenters. The number of nitrogens with one attached hydrogen (secondary N) is 1. The fourth-order valence-electron chi connectivity index (χ4n) is 4.96. The summed E-state index contributed by atoms with van der Waals surface area (Å²) in [7, 11) is -0.621. The number of hydrogen-bond acceptors (Lipinski definition) is 9. The number of rotatable bonds is 10. The quantitative estimate of drug-likeness (QED) is 0.329. The van der Waals surface area contributed by atoms with E-state index in [-0.39, 0.29) is 16.5 Å². The number of ether oxygens (including phenoxy) is 3. The molecule has 0 unspecified atom stereocenters. The SMILES string of the molecule is COc1cc2c(Oc3ccc(NS(=O)(=O)C4=NN(C)CC4)cc3F)ccnc2cc1OCCCN1CCC(C)CC1. The minimum absolute atomic E-state index is 0.0120. The Bertz CT molecular complexity index is 1530. The first-order valence-electron chi connectivity index (χ1n) is 13.8. The molecule has 5 rings (SSSR count). The molecule has 0 bridgehead atoms. The second-order valence-electron chi connectivity index (χ2n) is 10.5. The van der Waals surface area contributed by atoms with E-state index in [1.807, 2.05) is 0 Å². The van der Waals surface area contributed by atoms with Crippen LogP contribution in [0.2, 0.25) is 0 Å². The van der Waals surface area contributed by atoms with Crippen molar-refractivity contribution in [2.75, 3.05) is 51.7 Å². The number of aromatic nitrogens is 1. The van der Waals surface area contributed by atoms with Crippen LogP contribution in [0, 0.1) is 11.7 Å². The third-order valence-electron chi connectivity index (χ3n) is 7.39. The Morgan fingerprint density at radius 3 is 2.56 bits per heavy atom. The first-order valence-corrected chi connectivity index (χ1v) is 15.3. The minimum atomic E-state index is -3.88. The number of fused-ring (bicyclic) bond motifs is 1. The summed E-state index contributed by atoms with van der Waals surface area (Å²) in [6.07, 6.45) is 5.26. The number of methoxy groups -OCH3 is 1. The van der Waals surface area contributed by atoms with Crippen molar-refractivity contribution in [2.24, 2.45) is 11.0 Å². The summed E-state index contributed by atoms with van der Waals surface area (Å²) in [5.41, 5.74) is 0.681. The highest BCUT2D eigenvalue weighted by Gasteiger charge is 2.25. The van der Waals surface area contributed by atoms with Crippen LogP contribution in [0.15, 0.2) is 47.7 Å². The Morgan fingerprint density at radius 2 is 1.85 bits per heavy atom. The van der Waals surface area contributed by atoms with E-state index in [0.29, 0.717) is 47.7 Å². The van der Waals surface area contributed by atoms with E-state index in [1.165, 1.54) is 25.0 Å². The van der Waals surface area contributed by atoms with Gasteiger partial charge < -0.3 is 19.1 Å². The first-order chi connectivity index (χ1) is 19.7. The molecule has 3 heterocycles. The molecule has 2 aliphatic rings. The van der Waals surface area contributed by atoms with Crippen molar-refractivity contribution in [2.45, 2.75) is 32.6 Å². The Balaban J connectivity index is 1.26. The van der Waals surface area contributed by atoms with Crippen molar-refractivity contribution < 1.29 is 27.0 Å². The maximum absolute atomic E-state index is 15.0. The predicted octanol–water partition coefficient (Wildman–Crippen LogP) is 5.07. The van der Waals surface area contributed by atoms with Crippen molar-refractivity contribution in [3.05, 3.63) is 48.4 Å². The van der Waals surface area contributed by atoms with Crippen molar-refractivity contribution in [1.29, 1.82) is 0 Å². The second kappa shape index (κ2) is 12.5. The first kappa shape index (κ1) is 28.9. The van der Waals surface area contributed by atoms with Gasteiger partial charge in [-0.3, -0.25) is 14.7 Å². The van der Waals surface area contributed by atoms with E-state index >= 15 is 4.39 Å². The van der Waals surface area contributed by atoms with Gasteiger partial charge in [-0.1, -0.05) is 6.92 Å². The average molecular weight is 586 g/mol. The number of pyridine rings is 1. The van der Waals surface area contributed by atoms with Gasteiger partial charge in [-0.2, -0.15) is 13.5 Å². The van der Waals surface area contributed by atoms with Gasteiger partial charge in [-0.15, -0.1) is 0 Å². The molecule has 1 saturated heterocycles. The van der Waals surface area contributed by atoms with Gasteiger partial charge in [0, 0.05) is 50.3 Å². The molecule has 0 saturated carbocycles. The lowest BCUT2D eigenvalue weighted by molar-refractivity contribution is 0.176. The minimum Gasteiger partial charge on any atom is -0.493 e. The summed E-state index contributed by atoms with van der Waals surface area (Å²) in [6.45, 7) is 6.64. The van der Waals surface area contributed by atoms with Crippen molar-refractivity contribution >= 4 is 31.7 Å². The number of anilines is 1. The van der Waals surface area contributed by atoms with Crippen molar-refractivity contribution in [1.82, 2.24) is 14.9 Å². The largest absolute Gasteiger partial charge is 0.493 e. The number of benzene rings is 2. The van der Waals surface area contributed by atoms with E-state index in [4.69, 9.17) is 14.2 Å². The molecule has 3 aromatic rings. The number of halogens is 1. The molecule has 41 heavy (non-hydrogen) atoms. The fraction of sp³-hybridized carbons (Fsp3) is 0.448. The highest BCUT2D eigenvalue weighted by Crippen LogP contribution is 2.38. The molecule has 220 valence electrons. The van der Waals surface area contributed by atoms with E-state index in [2.05, 4.69) is 26.6 Å². The molecular formula is C29H36FN5O5S. The van der Waals surface area contributed by atoms with E-state index in [1.54, 1.807) is 43.6 Å². The highest BCUT2D eigenvalue weighted by atomic mass is 32.2. The molecule has 1 fully saturated rings. The maximum atomic E-state index is 15.0. The monoisotopic (exact) mass is 585 g/mol. The van der Waals surface area contributed by atoms with Crippen LogP contribution in [0.4, 0.5) is 10.1 Å². The molecule has 0 aliphatic carbocycles. The lowest BCUT2D eigenvalue weighted by Gasteiger charge is -2.30. The van der Waals surface area contributed by atoms with Gasteiger partial charge in [0.15, 0.2) is 28.1 Å². The van der Waals surface area contributed by atoms with Crippen LogP contribution in [0.3, 0.4) is 0 Å². The Labute approximate surface area is 240 Å². The highest BCUT2D eigenvalue weighted by molar-refractivity contribution is 8.07. The fourth-order valence-corrected chi connectivity index (χ4v) is 6.12. The summed E-state index contributed by atoms with van der Waals surface area (Å²) in [5.74, 6) is 1.49. The smallest absolute Gasteiger partial charge is 0.277 e. The molecule has 1 aromatic heterocycles. The average Bonchev–Trinajstić information content (AvgIpc) is 3.40. The van der Waals surface area contributed by atoms with E-state index < -0.39 is 15.8 Å². The Kier molecular flexibility index (Phi) is 8.79. The maximum Gasteiger partial charge on any atom is 0.277 e. The third-order valence-corrected chi connectivity index (χ3v) is 8.80. The molecule has 0 spiro atoms. The molecule has 12 heteroatoms. The second-order valence-corrected chi connectivity index (χ2v) is 12.2. The van der Waals surface area contributed by atoms with Crippen LogP contribution in [0.25, 0.3) is 10.9 Å². The van der Waals surface area contributed by atoms with Gasteiger partial charge in [0.25, 0.3) is 10.0 Å². The summed E-state index contributed by atoms with van der Waals surface area (Å²) >= 11 is 0. The van der Waals surface area contributed by atoms with E-state index in [0.717, 1.165) is 38.0 Å². The number of likely N-dealkylation sites (tertiary alicyclic amines) is 1. The standard InChI is InChI=1S/C29H36FN5O5S/c1-20-8-14-35(15-9-20)12-4-16-39-28-19-24-22(18-27(28)38-3)25(7-11-31-24)40-26-6-5-21(17-23(26)30)33-41(36,37)29-10-13-34(2)32-29/h5-7,11,17-20,33H,4,8-10,12-16H2,1-3H3. The third kappa shape index (κ3) is 6.99. The van der Waals surface area contributed by atoms with Gasteiger partial charge in [-0.05, 0) is 62.5 Å². The molecule has 2 aromatic carbocycles. The Hall–Kier alpha value is -3.64. The summed E-state index contributed by atoms with van der Waals surface area (Å²) < 4.78 is 60.1. The van der Waals surface area contributed by atoms with Crippen LogP contribution >= 0.6 is 0 Å². The van der Waals surface area contributed by atoms with Crippen LogP contribution in [0.5, 0.6) is 23.0 Å². The van der Waals surface area contributed by atoms with Crippen LogP contribution in [-0.2, 0) is 10.0 Å². The van der Waals surface area contributed by atoms with Crippen LogP contribution in [0.1, 0.15) is 32.6 Å². The molecule has 1 N–H and O–H groups in total. The summed E-state index contributed by atoms with van der Waals surface area (Å²) in [6, 6.07) is 9.08. The topological polar surface area (TPSA) is 106 Å². The van der Waals surface area contributed by atoms with Gasteiger partial charge >= 0.3 is 0 Å². The van der Waals surface area contributed by atoms with Crippen molar-refractivity contribution in [3.8, 4) is 23.0 Å². The number of hydrazone groups is 1. The molecule has 10 nitrogen and oxygen atoms in total. The van der Waals surface area contributed by atoms with E-state index in [9.17, 15) is 8.42 Å². The number of nitrogens with zero attached hydrogens (tertiary/aromatic N) is 4. The zero-order valence-electron chi connectivity index (χ0n) is 23.6. The van der Waals surface area contributed by atoms with Gasteiger partial charge in [0.05, 0.1) is 24.9 Å². The Morgan fingerprint density at radius 1 is 1.05 bits per heavy atom. The molecular weight excluding hydrogens is 549 g/mol. The van der Waals surface area contributed by atoms with Crippen LogP contribution < -0.4 is 18.9 Å². The lowest BCUT2D eigenvalue weighted by atomic mass is 9.99. The molecule has 0 radical (unpaired) electrons. The normalized spacial score (nSPS) is 16.6. The molecule has 2 aliphatic heterocycles. The van der Waals surface area contributed by atoms with Crippen LogP contribution in [-0.4, -0.2) is 75.3 Å². The predicted molar refractivity (Wildman–Crippen MR) is 157 cm³/mol. The van der Waals surface area contributed by atoms with Gasteiger partial charge in [-0.25, -0.2) is 4.39 Å². The lowest BCUT2D eigenvalue weighted by Crippen LogP contribution is -2.34. The van der Waals surface area contributed by atoms with Crippen molar-refractivity contribution in [3.63, 3.8) is 0 Å². The molecule has 0 amide bonds. The summed E-state index contributed by atoms with van der Waals surface area (Å²) in [5, 5.41) is 6.17. The zero-order chi connectivity index (χ0) is 29.0. The number of piperidine rings is 1. The zero-order valence-corrected chi connectivity index (χ0v) is 24.4.